The quantitative estimate of drug-likeness (QED) is 0.660. The van der Waals surface area contributed by atoms with E-state index < -0.39 is 43.7 Å². The zero-order chi connectivity index (χ0) is 22.8. The van der Waals surface area contributed by atoms with Crippen LogP contribution in [0.25, 0.3) is 0 Å². The third-order valence-corrected chi connectivity index (χ3v) is 8.50. The van der Waals surface area contributed by atoms with E-state index in [-0.39, 0.29) is 16.4 Å². The van der Waals surface area contributed by atoms with Crippen LogP contribution in [-0.4, -0.2) is 53.4 Å². The van der Waals surface area contributed by atoms with Gasteiger partial charge in [-0.2, -0.15) is 0 Å². The van der Waals surface area contributed by atoms with Crippen LogP contribution in [0.1, 0.15) is 13.3 Å². The molecule has 1 fully saturated rings. The van der Waals surface area contributed by atoms with Crippen LogP contribution in [0.2, 0.25) is 0 Å². The van der Waals surface area contributed by atoms with E-state index in [1.165, 1.54) is 50.4 Å². The van der Waals surface area contributed by atoms with Gasteiger partial charge in [0.25, 0.3) is 15.9 Å². The molecule has 1 amide bonds. The lowest BCUT2D eigenvalue weighted by molar-refractivity contribution is -0.127. The smallest absolute Gasteiger partial charge is 0.264 e. The Morgan fingerprint density at radius 3 is 2.32 bits per heavy atom. The first-order chi connectivity index (χ1) is 14.5. The van der Waals surface area contributed by atoms with E-state index in [4.69, 9.17) is 4.74 Å². The summed E-state index contributed by atoms with van der Waals surface area (Å²) in [6, 6.07) is 10.2. The minimum atomic E-state index is -3.87. The highest BCUT2D eigenvalue weighted by molar-refractivity contribution is 7.92. The van der Waals surface area contributed by atoms with Crippen molar-refractivity contribution < 1.29 is 30.8 Å². The number of sulfonamides is 1. The highest BCUT2D eigenvalue weighted by Gasteiger charge is 2.30. The molecule has 2 atom stereocenters. The topological polar surface area (TPSA) is 110 Å². The Morgan fingerprint density at radius 2 is 1.77 bits per heavy atom. The second kappa shape index (κ2) is 8.83. The van der Waals surface area contributed by atoms with Gasteiger partial charge < -0.3 is 10.1 Å². The number of amides is 1. The molecule has 0 bridgehead atoms. The van der Waals surface area contributed by atoms with Gasteiger partial charge in [0, 0.05) is 13.1 Å². The molecule has 0 saturated carbocycles. The Balaban J connectivity index is 1.63. The first kappa shape index (κ1) is 23.0. The van der Waals surface area contributed by atoms with Crippen molar-refractivity contribution >= 4 is 31.5 Å². The summed E-state index contributed by atoms with van der Waals surface area (Å²) in [7, 11) is -5.59. The van der Waals surface area contributed by atoms with E-state index in [0.29, 0.717) is 17.9 Å². The number of hydrogen-bond acceptors (Lipinski definition) is 6. The molecule has 0 aromatic heterocycles. The Kier molecular flexibility index (Phi) is 6.56. The molecule has 1 saturated heterocycles. The number of carbonyl (C=O) groups excluding carboxylic acids is 1. The van der Waals surface area contributed by atoms with Gasteiger partial charge >= 0.3 is 0 Å². The number of ether oxygens (including phenoxy) is 1. The lowest BCUT2D eigenvalue weighted by atomic mass is 10.2. The maximum atomic E-state index is 13.1. The standard InChI is InChI=1S/C20H23FN2O6S2/c1-14(20(24)22-16-11-12-30(25,26)13-16)29-18-7-5-17(6-8-18)23(2)31(27,28)19-9-3-15(21)4-10-19/h3-10,14,16H,11-13H2,1-2H3,(H,22,24)/t14-,16+/m0/s1. The average Bonchev–Trinajstić information content (AvgIpc) is 3.06. The Hall–Kier alpha value is -2.66. The van der Waals surface area contributed by atoms with Gasteiger partial charge in [-0.15, -0.1) is 0 Å². The summed E-state index contributed by atoms with van der Waals surface area (Å²) in [5.41, 5.74) is 0.352. The van der Waals surface area contributed by atoms with Gasteiger partial charge in [0.05, 0.1) is 22.1 Å². The molecule has 1 aliphatic rings. The third-order valence-electron chi connectivity index (χ3n) is 4.93. The molecular formula is C20H23FN2O6S2. The lowest BCUT2D eigenvalue weighted by Gasteiger charge is -2.21. The monoisotopic (exact) mass is 470 g/mol. The molecule has 1 aliphatic heterocycles. The summed E-state index contributed by atoms with van der Waals surface area (Å²) < 4.78 is 68.1. The fourth-order valence-corrected chi connectivity index (χ4v) is 5.99. The summed E-state index contributed by atoms with van der Waals surface area (Å²) in [5.74, 6) is -0.631. The largest absolute Gasteiger partial charge is 0.481 e. The van der Waals surface area contributed by atoms with E-state index in [1.54, 1.807) is 0 Å². The van der Waals surface area contributed by atoms with Crippen LogP contribution in [0, 0.1) is 5.82 Å². The van der Waals surface area contributed by atoms with Gasteiger partial charge in [-0.05, 0) is 61.9 Å². The maximum absolute atomic E-state index is 13.1. The fraction of sp³-hybridized carbons (Fsp3) is 0.350. The SMILES string of the molecule is C[C@H](Oc1ccc(N(C)S(=O)(=O)c2ccc(F)cc2)cc1)C(=O)N[C@@H]1CCS(=O)(=O)C1. The van der Waals surface area contributed by atoms with Crippen LogP contribution in [0.4, 0.5) is 10.1 Å². The molecule has 8 nitrogen and oxygen atoms in total. The molecule has 0 radical (unpaired) electrons. The number of nitrogens with zero attached hydrogens (tertiary/aromatic N) is 1. The summed E-state index contributed by atoms with van der Waals surface area (Å²) in [5, 5.41) is 2.67. The number of anilines is 1. The van der Waals surface area contributed by atoms with Crippen molar-refractivity contribution in [1.82, 2.24) is 5.32 Å². The number of halogens is 1. The molecule has 2 aromatic carbocycles. The average molecular weight is 471 g/mol. The van der Waals surface area contributed by atoms with Crippen molar-refractivity contribution in [1.29, 1.82) is 0 Å². The van der Waals surface area contributed by atoms with Gasteiger partial charge in [0.15, 0.2) is 15.9 Å². The molecule has 31 heavy (non-hydrogen) atoms. The van der Waals surface area contributed by atoms with E-state index in [1.807, 2.05) is 0 Å². The van der Waals surface area contributed by atoms with Gasteiger partial charge in [-0.25, -0.2) is 21.2 Å². The molecule has 1 heterocycles. The van der Waals surface area contributed by atoms with Gasteiger partial charge in [-0.3, -0.25) is 9.10 Å². The van der Waals surface area contributed by atoms with Crippen LogP contribution in [0.15, 0.2) is 53.4 Å². The van der Waals surface area contributed by atoms with Crippen molar-refractivity contribution in [3.8, 4) is 5.75 Å². The number of hydrogen-bond donors (Lipinski definition) is 1. The maximum Gasteiger partial charge on any atom is 0.264 e. The summed E-state index contributed by atoms with van der Waals surface area (Å²) in [4.78, 5) is 12.2. The molecule has 3 rings (SSSR count). The van der Waals surface area contributed by atoms with Gasteiger partial charge in [0.2, 0.25) is 0 Å². The lowest BCUT2D eigenvalue weighted by Crippen LogP contribution is -2.43. The number of benzene rings is 2. The Morgan fingerprint density at radius 1 is 1.16 bits per heavy atom. The van der Waals surface area contributed by atoms with E-state index >= 15 is 0 Å². The summed E-state index contributed by atoms with van der Waals surface area (Å²) in [6.45, 7) is 1.54. The normalized spacial score (nSPS) is 18.9. The van der Waals surface area contributed by atoms with E-state index in [0.717, 1.165) is 16.4 Å². The molecule has 1 N–H and O–H groups in total. The van der Waals surface area contributed by atoms with Crippen LogP contribution < -0.4 is 14.4 Å². The molecule has 0 spiro atoms. The minimum absolute atomic E-state index is 0.0454. The predicted octanol–water partition coefficient (Wildman–Crippen LogP) is 1.72. The predicted molar refractivity (Wildman–Crippen MR) is 114 cm³/mol. The van der Waals surface area contributed by atoms with E-state index in [2.05, 4.69) is 5.32 Å². The molecule has 168 valence electrons. The highest BCUT2D eigenvalue weighted by Crippen LogP contribution is 2.25. The number of sulfone groups is 1. The molecule has 0 aliphatic carbocycles. The van der Waals surface area contributed by atoms with Crippen molar-refractivity contribution in [3.05, 3.63) is 54.3 Å². The zero-order valence-corrected chi connectivity index (χ0v) is 18.6. The Bertz CT molecular complexity index is 1150. The summed E-state index contributed by atoms with van der Waals surface area (Å²) in [6.07, 6.45) is -0.487. The number of carbonyl (C=O) groups is 1. The third kappa shape index (κ3) is 5.53. The Labute approximate surface area is 181 Å². The fourth-order valence-electron chi connectivity index (χ4n) is 3.12. The van der Waals surface area contributed by atoms with Crippen molar-refractivity contribution in [3.63, 3.8) is 0 Å². The minimum Gasteiger partial charge on any atom is -0.481 e. The molecule has 11 heteroatoms. The zero-order valence-electron chi connectivity index (χ0n) is 17.0. The van der Waals surface area contributed by atoms with Crippen molar-refractivity contribution in [2.45, 2.75) is 30.4 Å². The van der Waals surface area contributed by atoms with Gasteiger partial charge in [-0.1, -0.05) is 0 Å². The van der Waals surface area contributed by atoms with Crippen molar-refractivity contribution in [2.75, 3.05) is 22.9 Å². The van der Waals surface area contributed by atoms with Crippen LogP contribution >= 0.6 is 0 Å². The van der Waals surface area contributed by atoms with Crippen LogP contribution in [0.3, 0.4) is 0 Å². The highest BCUT2D eigenvalue weighted by atomic mass is 32.2. The molecule has 2 aromatic rings. The summed E-state index contributed by atoms with van der Waals surface area (Å²) >= 11 is 0. The van der Waals surface area contributed by atoms with E-state index in [9.17, 15) is 26.0 Å². The van der Waals surface area contributed by atoms with Gasteiger partial charge in [0.1, 0.15) is 11.6 Å². The second-order valence-corrected chi connectivity index (χ2v) is 11.5. The molecular weight excluding hydrogens is 447 g/mol. The first-order valence-corrected chi connectivity index (χ1v) is 12.8. The second-order valence-electron chi connectivity index (χ2n) is 7.29. The molecule has 0 unspecified atom stereocenters. The number of rotatable bonds is 7. The first-order valence-electron chi connectivity index (χ1n) is 9.50. The van der Waals surface area contributed by atoms with Crippen LogP contribution in [-0.2, 0) is 24.7 Å². The van der Waals surface area contributed by atoms with Crippen LogP contribution in [0.5, 0.6) is 5.75 Å². The number of nitrogens with one attached hydrogen (secondary N) is 1. The van der Waals surface area contributed by atoms with Crippen molar-refractivity contribution in [2.24, 2.45) is 0 Å².